The van der Waals surface area contributed by atoms with Crippen LogP contribution in [0.25, 0.3) is 55.6 Å². The van der Waals surface area contributed by atoms with Crippen molar-refractivity contribution in [1.29, 1.82) is 0 Å². The van der Waals surface area contributed by atoms with Crippen molar-refractivity contribution in [3.63, 3.8) is 0 Å². The largest absolute Gasteiger partial charge is 0.500 e. The van der Waals surface area contributed by atoms with E-state index >= 15 is 0 Å². The molecule has 1 radical (unpaired) electrons. The third-order valence-electron chi connectivity index (χ3n) is 10.6. The van der Waals surface area contributed by atoms with Gasteiger partial charge in [-0.15, -0.1) is 58.7 Å². The molecule has 4 aromatic carbocycles. The maximum absolute atomic E-state index is 6.20. The average Bonchev–Trinajstić information content (AvgIpc) is 3.54. The first-order valence-electron chi connectivity index (χ1n) is 18.4. The summed E-state index contributed by atoms with van der Waals surface area (Å²) in [6.07, 6.45) is 13.8. The number of aromatic nitrogens is 2. The van der Waals surface area contributed by atoms with Crippen molar-refractivity contribution in [3.8, 4) is 39.4 Å². The number of aryl methyl sites for hydroxylation is 2. The zero-order chi connectivity index (χ0) is 35.0. The summed E-state index contributed by atoms with van der Waals surface area (Å²) in [5.41, 5.74) is 14.1. The Morgan fingerprint density at radius 3 is 2.27 bits per heavy atom. The van der Waals surface area contributed by atoms with E-state index < -0.39 is 8.07 Å². The van der Waals surface area contributed by atoms with Crippen LogP contribution in [-0.4, -0.2) is 25.2 Å². The molecule has 0 spiro atoms. The SMILES string of the molecule is COc1ccccc1-c1ccc2c(c1)oc1c[c-]c(-c3nccc4c3CCCC4)cc12.C[Si](C)(C)c1ccc(-c2[c-]ccc3c2CCCC3)nc1.[Ir]. The smallest absolute Gasteiger partial charge is 0.126 e. The zero-order valence-corrected chi connectivity index (χ0v) is 33.8. The molecule has 9 rings (SSSR count). The normalized spacial score (nSPS) is 13.8. The Bertz CT molecular complexity index is 2360. The molecule has 52 heavy (non-hydrogen) atoms. The van der Waals surface area contributed by atoms with Gasteiger partial charge in [0.1, 0.15) is 11.3 Å². The van der Waals surface area contributed by atoms with Crippen molar-refractivity contribution < 1.29 is 29.3 Å². The molecule has 0 saturated heterocycles. The number of benzene rings is 4. The maximum Gasteiger partial charge on any atom is 0.126 e. The number of pyridine rings is 2. The number of hydrogen-bond acceptors (Lipinski definition) is 4. The average molecular weight is 877 g/mol. The van der Waals surface area contributed by atoms with Crippen molar-refractivity contribution in [2.75, 3.05) is 7.11 Å². The van der Waals surface area contributed by atoms with Crippen molar-refractivity contribution in [2.45, 2.75) is 71.0 Å². The van der Waals surface area contributed by atoms with Gasteiger partial charge >= 0.3 is 0 Å². The molecule has 265 valence electrons. The van der Waals surface area contributed by atoms with Crippen LogP contribution in [0, 0.1) is 12.1 Å². The Labute approximate surface area is 322 Å². The van der Waals surface area contributed by atoms with Crippen LogP contribution in [0.15, 0.2) is 102 Å². The predicted octanol–water partition coefficient (Wildman–Crippen LogP) is 11.0. The fraction of sp³-hybridized carbons (Fsp3) is 0.261. The second-order valence-electron chi connectivity index (χ2n) is 14.9. The van der Waals surface area contributed by atoms with E-state index in [9.17, 15) is 0 Å². The van der Waals surface area contributed by atoms with E-state index in [1.165, 1.54) is 71.5 Å². The molecule has 0 amide bonds. The Balaban J connectivity index is 0.000000174. The summed E-state index contributed by atoms with van der Waals surface area (Å²) in [6.45, 7) is 7.08. The van der Waals surface area contributed by atoms with E-state index in [0.717, 1.165) is 68.6 Å². The summed E-state index contributed by atoms with van der Waals surface area (Å²) in [7, 11) is 0.442. The Morgan fingerprint density at radius 2 is 1.50 bits per heavy atom. The molecule has 2 aliphatic carbocycles. The Hall–Kier alpha value is -4.35. The summed E-state index contributed by atoms with van der Waals surface area (Å²) >= 11 is 0. The quantitative estimate of drug-likeness (QED) is 0.128. The number of furan rings is 1. The van der Waals surface area contributed by atoms with E-state index in [1.807, 2.05) is 30.5 Å². The molecule has 2 aliphatic rings. The van der Waals surface area contributed by atoms with Crippen LogP contribution in [0.4, 0.5) is 0 Å². The molecule has 3 heterocycles. The molecule has 0 fully saturated rings. The van der Waals surface area contributed by atoms with Crippen LogP contribution in [-0.2, 0) is 45.8 Å². The molecule has 7 aromatic rings. The molecule has 0 N–H and O–H groups in total. The number of hydrogen-bond donors (Lipinski definition) is 0. The van der Waals surface area contributed by atoms with Gasteiger partial charge in [-0.3, -0.25) is 0 Å². The van der Waals surface area contributed by atoms with Gasteiger partial charge in [0.05, 0.1) is 20.8 Å². The molecular weight excluding hydrogens is 833 g/mol. The number of para-hydroxylation sites is 1. The van der Waals surface area contributed by atoms with Gasteiger partial charge < -0.3 is 19.1 Å². The van der Waals surface area contributed by atoms with Gasteiger partial charge in [-0.25, -0.2) is 0 Å². The number of ether oxygens (including phenoxy) is 1. The fourth-order valence-electron chi connectivity index (χ4n) is 7.73. The Morgan fingerprint density at radius 1 is 0.731 bits per heavy atom. The van der Waals surface area contributed by atoms with Crippen LogP contribution in [0.5, 0.6) is 5.75 Å². The molecule has 0 aliphatic heterocycles. The van der Waals surface area contributed by atoms with E-state index in [4.69, 9.17) is 19.1 Å². The zero-order valence-electron chi connectivity index (χ0n) is 30.4. The maximum atomic E-state index is 6.20. The first kappa shape index (κ1) is 36.0. The van der Waals surface area contributed by atoms with Gasteiger partial charge in [-0.2, -0.15) is 0 Å². The summed E-state index contributed by atoms with van der Waals surface area (Å²) < 4.78 is 11.7. The molecule has 0 saturated carbocycles. The van der Waals surface area contributed by atoms with Gasteiger partial charge in [0.2, 0.25) is 0 Å². The minimum absolute atomic E-state index is 0. The third kappa shape index (κ3) is 7.17. The van der Waals surface area contributed by atoms with Crippen LogP contribution in [0.2, 0.25) is 19.6 Å². The van der Waals surface area contributed by atoms with Gasteiger partial charge in [-0.05, 0) is 72.4 Å². The van der Waals surface area contributed by atoms with Crippen LogP contribution >= 0.6 is 0 Å². The summed E-state index contributed by atoms with van der Waals surface area (Å²) in [6, 6.07) is 36.3. The van der Waals surface area contributed by atoms with Gasteiger partial charge in [0.25, 0.3) is 0 Å². The van der Waals surface area contributed by atoms with Crippen molar-refractivity contribution >= 4 is 35.2 Å². The standard InChI is InChI=1S/C28H22NO2.C18H22NSi.Ir/c1-30-25-9-5-4-7-21(25)19-10-12-23-24-16-20(11-13-26(24)31-27(23)17-19)28-22-8-3-2-6-18(22)14-15-29-28;1-20(2,3)15-11-12-18(19-13-15)17-10-6-8-14-7-4-5-9-16(14)17;/h4-5,7,9-10,12-17H,2-3,6,8H2,1H3;6,8,11-13H,4-5,7,9H2,1-3H3;/q2*-1;. The molecule has 0 bridgehead atoms. The van der Waals surface area contributed by atoms with Crippen molar-refractivity contribution in [3.05, 3.63) is 132 Å². The second-order valence-corrected chi connectivity index (χ2v) is 20.0. The first-order valence-corrected chi connectivity index (χ1v) is 21.9. The van der Waals surface area contributed by atoms with Crippen LogP contribution in [0.3, 0.4) is 0 Å². The number of nitrogens with zero attached hydrogens (tertiary/aromatic N) is 2. The van der Waals surface area contributed by atoms with Crippen LogP contribution in [0.1, 0.15) is 47.9 Å². The summed E-state index contributed by atoms with van der Waals surface area (Å²) in [4.78, 5) is 9.46. The van der Waals surface area contributed by atoms with E-state index in [2.05, 4.69) is 98.6 Å². The van der Waals surface area contributed by atoms with Gasteiger partial charge in [0.15, 0.2) is 0 Å². The topological polar surface area (TPSA) is 48.2 Å². The minimum atomic E-state index is -1.26. The molecule has 6 heteroatoms. The van der Waals surface area contributed by atoms with Gasteiger partial charge in [-0.1, -0.05) is 97.9 Å². The number of methoxy groups -OCH3 is 1. The van der Waals surface area contributed by atoms with Crippen LogP contribution < -0.4 is 9.92 Å². The number of fused-ring (bicyclic) bond motifs is 5. The van der Waals surface area contributed by atoms with E-state index in [0.29, 0.717) is 0 Å². The Kier molecular flexibility index (Phi) is 10.6. The second kappa shape index (κ2) is 15.3. The minimum Gasteiger partial charge on any atom is -0.500 e. The van der Waals surface area contributed by atoms with E-state index in [1.54, 1.807) is 7.11 Å². The predicted molar refractivity (Wildman–Crippen MR) is 213 cm³/mol. The molecule has 4 nitrogen and oxygen atoms in total. The summed E-state index contributed by atoms with van der Waals surface area (Å²) in [5.74, 6) is 0.855. The first-order chi connectivity index (χ1) is 24.9. The summed E-state index contributed by atoms with van der Waals surface area (Å²) in [5, 5.41) is 3.63. The monoisotopic (exact) mass is 877 g/mol. The van der Waals surface area contributed by atoms with Crippen molar-refractivity contribution in [2.24, 2.45) is 0 Å². The molecular formula is C46H44IrN2O2Si-2. The molecule has 0 atom stereocenters. The fourth-order valence-corrected chi connectivity index (χ4v) is 8.76. The molecule has 3 aromatic heterocycles. The number of rotatable bonds is 5. The third-order valence-corrected chi connectivity index (χ3v) is 12.6. The van der Waals surface area contributed by atoms with E-state index in [-0.39, 0.29) is 20.1 Å². The van der Waals surface area contributed by atoms with Gasteiger partial charge in [0, 0.05) is 43.4 Å². The van der Waals surface area contributed by atoms with Crippen molar-refractivity contribution in [1.82, 2.24) is 9.97 Å². The molecule has 0 unspecified atom stereocenters.